The van der Waals surface area contributed by atoms with Crippen LogP contribution in [0.15, 0.2) is 30.5 Å². The lowest BCUT2D eigenvalue weighted by Crippen LogP contribution is -2.05. The molecule has 0 atom stereocenters. The number of hydrogen-bond acceptors (Lipinski definition) is 0. The molecule has 0 aliphatic carbocycles. The molecule has 1 nitrogen and oxygen atoms in total. The lowest BCUT2D eigenvalue weighted by atomic mass is 10.0. The molecule has 0 amide bonds. The van der Waals surface area contributed by atoms with E-state index in [0.29, 0.717) is 5.04 Å². The molecule has 2 rings (SSSR count). The Bertz CT molecular complexity index is 437. The Hall–Kier alpha value is -1.02. The van der Waals surface area contributed by atoms with Crippen LogP contribution in [-0.4, -0.2) is 15.2 Å². The minimum atomic E-state index is 0.491. The van der Waals surface area contributed by atoms with Gasteiger partial charge < -0.3 is 4.98 Å². The molecule has 0 saturated heterocycles. The van der Waals surface area contributed by atoms with E-state index in [1.54, 1.807) is 0 Å². The maximum atomic E-state index is 3.33. The minimum Gasteiger partial charge on any atom is -0.361 e. The summed E-state index contributed by atoms with van der Waals surface area (Å²) >= 11 is 0. The second kappa shape index (κ2) is 3.28. The molecule has 0 bridgehead atoms. The fourth-order valence-corrected chi connectivity index (χ4v) is 2.23. The van der Waals surface area contributed by atoms with E-state index in [9.17, 15) is 0 Å². The van der Waals surface area contributed by atoms with Gasteiger partial charge in [-0.2, -0.15) is 0 Å². The largest absolute Gasteiger partial charge is 0.361 e. The van der Waals surface area contributed by atoms with Crippen LogP contribution < -0.4 is 0 Å². The number of nitrogens with one attached hydrogen (secondary N) is 1. The Morgan fingerprint density at radius 2 is 2.00 bits per heavy atom. The first kappa shape index (κ1) is 9.53. The molecule has 1 aromatic heterocycles. The summed E-state index contributed by atoms with van der Waals surface area (Å²) in [7, 11) is 1.24. The van der Waals surface area contributed by atoms with Crippen LogP contribution in [0.4, 0.5) is 0 Å². The second-order valence-electron chi connectivity index (χ2n) is 5.10. The molecule has 2 heteroatoms. The average molecular weight is 203 g/mol. The van der Waals surface area contributed by atoms with Crippen LogP contribution in [0.2, 0.25) is 5.04 Å². The van der Waals surface area contributed by atoms with Crippen molar-refractivity contribution in [2.45, 2.75) is 25.3 Å². The van der Waals surface area contributed by atoms with Gasteiger partial charge in [0.25, 0.3) is 0 Å². The van der Waals surface area contributed by atoms with Gasteiger partial charge in [-0.15, -0.1) is 0 Å². The number of aromatic amines is 1. The second-order valence-corrected chi connectivity index (χ2v) is 7.80. The predicted molar refractivity (Wildman–Crippen MR) is 66.0 cm³/mol. The smallest absolute Gasteiger partial charge is 0.0456 e. The summed E-state index contributed by atoms with van der Waals surface area (Å²) in [6, 6.07) is 8.53. The molecule has 0 spiro atoms. The SMILES string of the molecule is CC(C)([SiH3])Cc1c[nH]c2ccccc12. The van der Waals surface area contributed by atoms with Crippen molar-refractivity contribution in [1.82, 2.24) is 4.98 Å². The van der Waals surface area contributed by atoms with Crippen molar-refractivity contribution >= 4 is 21.1 Å². The quantitative estimate of drug-likeness (QED) is 0.721. The van der Waals surface area contributed by atoms with Crippen molar-refractivity contribution in [2.75, 3.05) is 0 Å². The average Bonchev–Trinajstić information content (AvgIpc) is 2.47. The van der Waals surface area contributed by atoms with E-state index in [2.05, 4.69) is 49.3 Å². The molecule has 1 heterocycles. The summed E-state index contributed by atoms with van der Waals surface area (Å²) < 4.78 is 0. The molecule has 0 unspecified atom stereocenters. The van der Waals surface area contributed by atoms with E-state index in [0.717, 1.165) is 0 Å². The van der Waals surface area contributed by atoms with Gasteiger partial charge in [-0.05, 0) is 23.1 Å². The van der Waals surface area contributed by atoms with E-state index in [-0.39, 0.29) is 0 Å². The Kier molecular flexibility index (Phi) is 2.23. The first-order valence-electron chi connectivity index (χ1n) is 5.11. The highest BCUT2D eigenvalue weighted by Crippen LogP contribution is 2.28. The van der Waals surface area contributed by atoms with Gasteiger partial charge in [-0.3, -0.25) is 0 Å². The van der Waals surface area contributed by atoms with E-state index < -0.39 is 0 Å². The molecule has 0 fully saturated rings. The van der Waals surface area contributed by atoms with Crippen LogP contribution in [-0.2, 0) is 6.42 Å². The van der Waals surface area contributed by atoms with Gasteiger partial charge in [0, 0.05) is 27.3 Å². The van der Waals surface area contributed by atoms with Crippen molar-refractivity contribution in [2.24, 2.45) is 0 Å². The summed E-state index contributed by atoms with van der Waals surface area (Å²) in [5.41, 5.74) is 2.72. The summed E-state index contributed by atoms with van der Waals surface area (Å²) in [5, 5.41) is 1.88. The highest BCUT2D eigenvalue weighted by Gasteiger charge is 2.13. The Labute approximate surface area is 88.0 Å². The lowest BCUT2D eigenvalue weighted by Gasteiger charge is -2.17. The number of aromatic nitrogens is 1. The highest BCUT2D eigenvalue weighted by molar-refractivity contribution is 6.14. The van der Waals surface area contributed by atoms with Crippen LogP contribution in [0.5, 0.6) is 0 Å². The van der Waals surface area contributed by atoms with E-state index in [1.165, 1.54) is 33.1 Å². The molecular formula is C12H17NSi. The zero-order valence-corrected chi connectivity index (χ0v) is 11.1. The Balaban J connectivity index is 2.44. The molecule has 74 valence electrons. The lowest BCUT2D eigenvalue weighted by molar-refractivity contribution is 0.679. The maximum Gasteiger partial charge on any atom is 0.0456 e. The van der Waals surface area contributed by atoms with Gasteiger partial charge >= 0.3 is 0 Å². The van der Waals surface area contributed by atoms with Gasteiger partial charge in [0.1, 0.15) is 0 Å². The number of hydrogen-bond donors (Lipinski definition) is 1. The van der Waals surface area contributed by atoms with Crippen LogP contribution in [0.1, 0.15) is 19.4 Å². The standard InChI is InChI=1S/C12H17NSi/c1-12(2,14)7-9-8-13-11-6-4-3-5-10(9)11/h3-6,8,13H,7H2,1-2,14H3. The molecule has 1 N–H and O–H groups in total. The van der Waals surface area contributed by atoms with Gasteiger partial charge in [0.15, 0.2) is 0 Å². The first-order chi connectivity index (χ1) is 6.56. The Morgan fingerprint density at radius 3 is 2.71 bits per heavy atom. The highest BCUT2D eigenvalue weighted by atomic mass is 28.1. The third-order valence-electron chi connectivity index (χ3n) is 2.40. The fourth-order valence-electron chi connectivity index (χ4n) is 1.85. The van der Waals surface area contributed by atoms with Gasteiger partial charge in [-0.1, -0.05) is 32.0 Å². The van der Waals surface area contributed by atoms with Crippen molar-refractivity contribution in [3.63, 3.8) is 0 Å². The minimum absolute atomic E-state index is 0.491. The molecular weight excluding hydrogens is 186 g/mol. The van der Waals surface area contributed by atoms with Crippen molar-refractivity contribution in [3.8, 4) is 0 Å². The summed E-state index contributed by atoms with van der Waals surface area (Å²) in [6.07, 6.45) is 3.34. The predicted octanol–water partition coefficient (Wildman–Crippen LogP) is 2.27. The number of rotatable bonds is 2. The summed E-state index contributed by atoms with van der Waals surface area (Å²) in [5.74, 6) is 0. The van der Waals surface area contributed by atoms with Crippen molar-refractivity contribution in [1.29, 1.82) is 0 Å². The third-order valence-corrected chi connectivity index (χ3v) is 2.75. The molecule has 14 heavy (non-hydrogen) atoms. The van der Waals surface area contributed by atoms with Crippen LogP contribution >= 0.6 is 0 Å². The molecule has 0 aliphatic heterocycles. The Morgan fingerprint density at radius 1 is 1.29 bits per heavy atom. The summed E-state index contributed by atoms with van der Waals surface area (Å²) in [6.45, 7) is 4.67. The zero-order chi connectivity index (χ0) is 10.2. The molecule has 0 saturated carbocycles. The number of para-hydroxylation sites is 1. The normalized spacial score (nSPS) is 12.4. The summed E-state index contributed by atoms with van der Waals surface area (Å²) in [4.78, 5) is 3.33. The topological polar surface area (TPSA) is 15.8 Å². The van der Waals surface area contributed by atoms with Crippen LogP contribution in [0.25, 0.3) is 10.9 Å². The molecule has 2 aromatic rings. The molecule has 0 radical (unpaired) electrons. The number of benzene rings is 1. The zero-order valence-electron chi connectivity index (χ0n) is 9.09. The third kappa shape index (κ3) is 1.90. The first-order valence-corrected chi connectivity index (χ1v) is 6.11. The van der Waals surface area contributed by atoms with E-state index >= 15 is 0 Å². The van der Waals surface area contributed by atoms with Crippen LogP contribution in [0.3, 0.4) is 0 Å². The van der Waals surface area contributed by atoms with Crippen LogP contribution in [0, 0.1) is 0 Å². The van der Waals surface area contributed by atoms with Crippen molar-refractivity contribution in [3.05, 3.63) is 36.0 Å². The molecule has 1 aromatic carbocycles. The molecule has 0 aliphatic rings. The van der Waals surface area contributed by atoms with E-state index in [1.807, 2.05) is 0 Å². The van der Waals surface area contributed by atoms with Crippen molar-refractivity contribution < 1.29 is 0 Å². The van der Waals surface area contributed by atoms with Gasteiger partial charge in [-0.25, -0.2) is 0 Å². The van der Waals surface area contributed by atoms with E-state index in [4.69, 9.17) is 0 Å². The number of H-pyrrole nitrogens is 1. The monoisotopic (exact) mass is 203 g/mol. The van der Waals surface area contributed by atoms with Gasteiger partial charge in [0.2, 0.25) is 0 Å². The maximum absolute atomic E-state index is 3.33. The number of fused-ring (bicyclic) bond motifs is 1. The fraction of sp³-hybridized carbons (Fsp3) is 0.333. The van der Waals surface area contributed by atoms with Gasteiger partial charge in [0.05, 0.1) is 0 Å².